The van der Waals surface area contributed by atoms with Crippen molar-refractivity contribution in [3.63, 3.8) is 0 Å². The summed E-state index contributed by atoms with van der Waals surface area (Å²) in [6.45, 7) is 0.977. The molecule has 2 aromatic heterocycles. The standard InChI is InChI=1S/C15H10F4N4O4/c1-2-27-14(24)12-13(15(17,18)19)23(26)11-6-9(21-4-3-20-7-21)8(16)5-10(11)22(12)25/h3-7H,2H2,1H3. The van der Waals surface area contributed by atoms with Crippen LogP contribution in [0.15, 0.2) is 30.9 Å². The number of ether oxygens (including phenoxy) is 1. The lowest BCUT2D eigenvalue weighted by molar-refractivity contribution is -0.647. The number of benzene rings is 1. The largest absolute Gasteiger partial charge is 0.618 e. The molecule has 0 aliphatic rings. The normalized spacial score (nSPS) is 11.7. The summed E-state index contributed by atoms with van der Waals surface area (Å²) in [4.78, 5) is 15.5. The molecule has 0 N–H and O–H groups in total. The number of nitrogens with zero attached hydrogens (tertiary/aromatic N) is 4. The Morgan fingerprint density at radius 2 is 1.93 bits per heavy atom. The van der Waals surface area contributed by atoms with Crippen molar-refractivity contribution in [3.8, 4) is 5.69 Å². The lowest BCUT2D eigenvalue weighted by Gasteiger charge is -2.14. The number of imidazole rings is 1. The summed E-state index contributed by atoms with van der Waals surface area (Å²) < 4.78 is 59.0. The first-order valence-electron chi connectivity index (χ1n) is 7.41. The highest BCUT2D eigenvalue weighted by molar-refractivity contribution is 5.88. The highest BCUT2D eigenvalue weighted by Crippen LogP contribution is 2.30. The van der Waals surface area contributed by atoms with E-state index in [9.17, 15) is 32.8 Å². The van der Waals surface area contributed by atoms with E-state index < -0.39 is 49.8 Å². The van der Waals surface area contributed by atoms with Crippen LogP contribution < -0.4 is 9.46 Å². The zero-order valence-electron chi connectivity index (χ0n) is 13.5. The van der Waals surface area contributed by atoms with Crippen LogP contribution in [0.5, 0.6) is 0 Å². The van der Waals surface area contributed by atoms with Crippen molar-refractivity contribution in [2.45, 2.75) is 13.1 Å². The van der Waals surface area contributed by atoms with Gasteiger partial charge in [-0.1, -0.05) is 0 Å². The Hall–Kier alpha value is -3.44. The molecule has 3 aromatic rings. The third-order valence-corrected chi connectivity index (χ3v) is 3.63. The molecule has 0 atom stereocenters. The van der Waals surface area contributed by atoms with Gasteiger partial charge in [0.05, 0.1) is 24.7 Å². The lowest BCUT2D eigenvalue weighted by Crippen LogP contribution is -2.50. The van der Waals surface area contributed by atoms with Crippen LogP contribution in [0.2, 0.25) is 0 Å². The van der Waals surface area contributed by atoms with Crippen LogP contribution in [0.3, 0.4) is 0 Å². The van der Waals surface area contributed by atoms with E-state index in [1.54, 1.807) is 0 Å². The molecular weight excluding hydrogens is 376 g/mol. The van der Waals surface area contributed by atoms with Crippen molar-refractivity contribution in [2.24, 2.45) is 0 Å². The molecule has 0 amide bonds. The van der Waals surface area contributed by atoms with Crippen molar-refractivity contribution in [1.29, 1.82) is 0 Å². The molecule has 27 heavy (non-hydrogen) atoms. The Morgan fingerprint density at radius 3 is 2.48 bits per heavy atom. The van der Waals surface area contributed by atoms with Gasteiger partial charge in [0.25, 0.3) is 11.0 Å². The molecule has 0 saturated carbocycles. The summed E-state index contributed by atoms with van der Waals surface area (Å²) in [7, 11) is 0. The van der Waals surface area contributed by atoms with E-state index in [4.69, 9.17) is 0 Å². The Bertz CT molecular complexity index is 1030. The Labute approximate surface area is 148 Å². The number of alkyl halides is 3. The van der Waals surface area contributed by atoms with Gasteiger partial charge >= 0.3 is 23.5 Å². The van der Waals surface area contributed by atoms with Crippen LogP contribution in [0.25, 0.3) is 16.7 Å². The van der Waals surface area contributed by atoms with E-state index in [0.717, 1.165) is 17.0 Å². The molecule has 8 nitrogen and oxygen atoms in total. The lowest BCUT2D eigenvalue weighted by atomic mass is 10.2. The maximum absolute atomic E-state index is 14.4. The number of carbonyl (C=O) groups is 1. The third-order valence-electron chi connectivity index (χ3n) is 3.63. The van der Waals surface area contributed by atoms with Crippen molar-refractivity contribution in [1.82, 2.24) is 9.55 Å². The number of aromatic nitrogens is 4. The highest BCUT2D eigenvalue weighted by Gasteiger charge is 2.52. The van der Waals surface area contributed by atoms with Gasteiger partial charge in [0.2, 0.25) is 0 Å². The van der Waals surface area contributed by atoms with E-state index in [1.165, 1.54) is 19.3 Å². The van der Waals surface area contributed by atoms with Gasteiger partial charge in [-0.25, -0.2) is 14.2 Å². The fraction of sp³-hybridized carbons (Fsp3) is 0.200. The molecule has 0 unspecified atom stereocenters. The second-order valence-electron chi connectivity index (χ2n) is 5.27. The molecular formula is C15H10F4N4O4. The maximum Gasteiger partial charge on any atom is 0.486 e. The van der Waals surface area contributed by atoms with E-state index in [2.05, 4.69) is 9.72 Å². The molecule has 0 radical (unpaired) electrons. The van der Waals surface area contributed by atoms with E-state index in [0.29, 0.717) is 6.07 Å². The molecule has 1 aromatic carbocycles. The SMILES string of the molecule is CCOC(=O)c1c(C(F)(F)F)[n+]([O-])c2cc(-n3ccnc3)c(F)cc2[n+]1[O-]. The molecule has 3 rings (SSSR count). The minimum absolute atomic E-state index is 0.304. The quantitative estimate of drug-likeness (QED) is 0.295. The molecule has 12 heteroatoms. The van der Waals surface area contributed by atoms with Crippen molar-refractivity contribution < 1.29 is 36.6 Å². The summed E-state index contributed by atoms with van der Waals surface area (Å²) in [5, 5.41) is 24.8. The average Bonchev–Trinajstić information content (AvgIpc) is 3.10. The predicted octanol–water partition coefficient (Wildman–Crippen LogP) is 1.63. The van der Waals surface area contributed by atoms with E-state index in [1.807, 2.05) is 0 Å². The van der Waals surface area contributed by atoms with Gasteiger partial charge in [0, 0.05) is 18.5 Å². The van der Waals surface area contributed by atoms with Crippen LogP contribution in [0.4, 0.5) is 17.6 Å². The number of hydrogen-bond acceptors (Lipinski definition) is 5. The van der Waals surface area contributed by atoms with Gasteiger partial charge < -0.3 is 19.7 Å². The van der Waals surface area contributed by atoms with Crippen LogP contribution in [0, 0.1) is 16.2 Å². The summed E-state index contributed by atoms with van der Waals surface area (Å²) in [6, 6.07) is 1.33. The number of hydrogen-bond donors (Lipinski definition) is 0. The fourth-order valence-corrected chi connectivity index (χ4v) is 2.53. The topological polar surface area (TPSA) is 98.0 Å². The first kappa shape index (κ1) is 18.4. The average molecular weight is 386 g/mol. The van der Waals surface area contributed by atoms with Crippen molar-refractivity contribution in [2.75, 3.05) is 6.61 Å². The maximum atomic E-state index is 14.4. The third kappa shape index (κ3) is 2.98. The molecule has 0 aliphatic carbocycles. The Balaban J connectivity index is 2.43. The van der Waals surface area contributed by atoms with E-state index in [-0.39, 0.29) is 12.3 Å². The minimum Gasteiger partial charge on any atom is -0.618 e. The molecule has 0 spiro atoms. The monoisotopic (exact) mass is 386 g/mol. The number of carbonyl (C=O) groups excluding carboxylic acids is 1. The van der Waals surface area contributed by atoms with E-state index >= 15 is 0 Å². The molecule has 142 valence electrons. The number of esters is 1. The predicted molar refractivity (Wildman–Crippen MR) is 79.9 cm³/mol. The van der Waals surface area contributed by atoms with Gasteiger partial charge in [-0.05, 0) is 6.92 Å². The highest BCUT2D eigenvalue weighted by atomic mass is 19.4. The smallest absolute Gasteiger partial charge is 0.486 e. The second-order valence-corrected chi connectivity index (χ2v) is 5.27. The number of fused-ring (bicyclic) bond motifs is 1. The number of halogens is 4. The molecule has 0 bridgehead atoms. The molecule has 2 heterocycles. The zero-order valence-corrected chi connectivity index (χ0v) is 13.5. The fourth-order valence-electron chi connectivity index (χ4n) is 2.53. The summed E-state index contributed by atoms with van der Waals surface area (Å²) in [5.41, 5.74) is -5.47. The molecule has 0 aliphatic heterocycles. The first-order chi connectivity index (χ1) is 12.7. The van der Waals surface area contributed by atoms with Crippen LogP contribution in [0.1, 0.15) is 23.1 Å². The van der Waals surface area contributed by atoms with Crippen molar-refractivity contribution >= 4 is 17.0 Å². The molecule has 0 fully saturated rings. The summed E-state index contributed by atoms with van der Waals surface area (Å²) in [6.07, 6.45) is -1.61. The second kappa shape index (κ2) is 6.37. The summed E-state index contributed by atoms with van der Waals surface area (Å²) in [5.74, 6) is -2.66. The minimum atomic E-state index is -5.34. The van der Waals surface area contributed by atoms with Gasteiger partial charge in [0.15, 0.2) is 5.82 Å². The van der Waals surface area contributed by atoms with Gasteiger partial charge in [-0.2, -0.15) is 13.2 Å². The first-order valence-corrected chi connectivity index (χ1v) is 7.41. The Kier molecular flexibility index (Phi) is 4.33. The zero-order chi connectivity index (χ0) is 19.9. The Morgan fingerprint density at radius 1 is 1.26 bits per heavy atom. The van der Waals surface area contributed by atoms with Crippen LogP contribution >= 0.6 is 0 Å². The van der Waals surface area contributed by atoms with Crippen molar-refractivity contribution in [3.05, 3.63) is 58.5 Å². The van der Waals surface area contributed by atoms with Gasteiger partial charge in [-0.3, -0.25) is 0 Å². The van der Waals surface area contributed by atoms with Crippen LogP contribution in [-0.2, 0) is 10.9 Å². The summed E-state index contributed by atoms with van der Waals surface area (Å²) >= 11 is 0. The number of rotatable bonds is 3. The van der Waals surface area contributed by atoms with Gasteiger partial charge in [0.1, 0.15) is 0 Å². The van der Waals surface area contributed by atoms with Gasteiger partial charge in [-0.15, -0.1) is 9.46 Å². The van der Waals surface area contributed by atoms with Crippen LogP contribution in [-0.4, -0.2) is 22.1 Å². The molecule has 0 saturated heterocycles.